The molecule has 0 bridgehead atoms. The Morgan fingerprint density at radius 2 is 2.25 bits per heavy atom. The predicted molar refractivity (Wildman–Crippen MR) is 81.8 cm³/mol. The van der Waals surface area contributed by atoms with Crippen LogP contribution in [0.5, 0.6) is 5.75 Å². The van der Waals surface area contributed by atoms with Crippen LogP contribution in [0.4, 0.5) is 0 Å². The molecule has 0 heterocycles. The van der Waals surface area contributed by atoms with Gasteiger partial charge in [-0.15, -0.1) is 11.8 Å². The third-order valence-electron chi connectivity index (χ3n) is 3.68. The van der Waals surface area contributed by atoms with E-state index < -0.39 is 5.97 Å². The van der Waals surface area contributed by atoms with Crippen LogP contribution in [-0.4, -0.2) is 22.9 Å². The van der Waals surface area contributed by atoms with Gasteiger partial charge in [0.25, 0.3) is 0 Å². The van der Waals surface area contributed by atoms with E-state index in [9.17, 15) is 9.90 Å². The number of hydrogen-bond acceptors (Lipinski definition) is 3. The van der Waals surface area contributed by atoms with Crippen LogP contribution in [0.15, 0.2) is 23.1 Å². The fraction of sp³-hybridized carbons (Fsp3) is 0.562. The molecule has 1 fully saturated rings. The van der Waals surface area contributed by atoms with E-state index in [0.29, 0.717) is 17.2 Å². The Balaban J connectivity index is 2.21. The van der Waals surface area contributed by atoms with Gasteiger partial charge in [-0.1, -0.05) is 26.3 Å². The topological polar surface area (TPSA) is 46.5 Å². The zero-order valence-electron chi connectivity index (χ0n) is 12.1. The second-order valence-electron chi connectivity index (χ2n) is 5.38. The molecule has 1 saturated carbocycles. The van der Waals surface area contributed by atoms with Crippen molar-refractivity contribution in [2.45, 2.75) is 50.5 Å². The normalized spacial score (nSPS) is 22.5. The summed E-state index contributed by atoms with van der Waals surface area (Å²) in [6.45, 7) is 4.25. The van der Waals surface area contributed by atoms with E-state index in [0.717, 1.165) is 29.9 Å². The van der Waals surface area contributed by atoms with E-state index in [1.807, 2.05) is 19.1 Å². The minimum absolute atomic E-state index is 0.152. The molecule has 1 N–H and O–H groups in total. The van der Waals surface area contributed by atoms with Gasteiger partial charge in [-0.05, 0) is 43.1 Å². The first-order valence-corrected chi connectivity index (χ1v) is 8.26. The minimum atomic E-state index is -0.902. The molecule has 0 amide bonds. The smallest absolute Gasteiger partial charge is 0.340 e. The largest absolute Gasteiger partial charge is 0.489 e. The van der Waals surface area contributed by atoms with Gasteiger partial charge in [-0.2, -0.15) is 0 Å². The Morgan fingerprint density at radius 1 is 1.45 bits per heavy atom. The van der Waals surface area contributed by atoms with E-state index in [-0.39, 0.29) is 6.10 Å². The Hall–Kier alpha value is -1.16. The first-order valence-electron chi connectivity index (χ1n) is 7.27. The number of ether oxygens (including phenoxy) is 1. The highest BCUT2D eigenvalue weighted by Gasteiger charge is 2.23. The van der Waals surface area contributed by atoms with Gasteiger partial charge in [-0.25, -0.2) is 4.79 Å². The summed E-state index contributed by atoms with van der Waals surface area (Å²) in [4.78, 5) is 12.3. The standard InChI is InChI=1S/C16H22O3S/c1-3-20-14-9-5-8-13(15(14)16(17)18)19-12-7-4-6-11(2)10-12/h5,8-9,11-12H,3-4,6-7,10H2,1-2H3,(H,17,18). The van der Waals surface area contributed by atoms with Crippen LogP contribution in [0.2, 0.25) is 0 Å². The van der Waals surface area contributed by atoms with Gasteiger partial charge in [0.15, 0.2) is 0 Å². The van der Waals surface area contributed by atoms with Gasteiger partial charge in [0, 0.05) is 4.90 Å². The zero-order chi connectivity index (χ0) is 14.5. The number of thioether (sulfide) groups is 1. The van der Waals surface area contributed by atoms with Crippen molar-refractivity contribution < 1.29 is 14.6 Å². The number of carboxylic acid groups (broad SMARTS) is 1. The molecule has 1 aromatic rings. The Morgan fingerprint density at radius 3 is 2.90 bits per heavy atom. The second-order valence-corrected chi connectivity index (χ2v) is 6.68. The minimum Gasteiger partial charge on any atom is -0.489 e. The molecule has 1 aliphatic carbocycles. The van der Waals surface area contributed by atoms with E-state index in [4.69, 9.17) is 4.74 Å². The van der Waals surface area contributed by atoms with Crippen molar-refractivity contribution in [2.24, 2.45) is 5.92 Å². The first-order chi connectivity index (χ1) is 9.61. The van der Waals surface area contributed by atoms with E-state index in [1.165, 1.54) is 6.42 Å². The van der Waals surface area contributed by atoms with Gasteiger partial charge in [0.05, 0.1) is 6.10 Å². The quantitative estimate of drug-likeness (QED) is 0.815. The predicted octanol–water partition coefficient (Wildman–Crippen LogP) is 4.45. The van der Waals surface area contributed by atoms with E-state index >= 15 is 0 Å². The van der Waals surface area contributed by atoms with E-state index in [2.05, 4.69) is 6.92 Å². The lowest BCUT2D eigenvalue weighted by Crippen LogP contribution is -2.25. The molecule has 1 aliphatic rings. The molecular weight excluding hydrogens is 272 g/mol. The summed E-state index contributed by atoms with van der Waals surface area (Å²) < 4.78 is 6.01. The van der Waals surface area contributed by atoms with Crippen molar-refractivity contribution in [3.05, 3.63) is 23.8 Å². The summed E-state index contributed by atoms with van der Waals surface area (Å²) in [5, 5.41) is 9.46. The third-order valence-corrected chi connectivity index (χ3v) is 4.62. The molecule has 4 heteroatoms. The van der Waals surface area contributed by atoms with Crippen molar-refractivity contribution >= 4 is 17.7 Å². The second kappa shape index (κ2) is 7.02. The molecule has 0 aromatic heterocycles. The van der Waals surface area contributed by atoms with Crippen LogP contribution in [0.25, 0.3) is 0 Å². The fourth-order valence-electron chi connectivity index (χ4n) is 2.76. The zero-order valence-corrected chi connectivity index (χ0v) is 12.9. The third kappa shape index (κ3) is 3.69. The molecule has 110 valence electrons. The number of carbonyl (C=O) groups is 1. The molecule has 2 unspecified atom stereocenters. The number of benzene rings is 1. The lowest BCUT2D eigenvalue weighted by Gasteiger charge is -2.28. The monoisotopic (exact) mass is 294 g/mol. The summed E-state index contributed by atoms with van der Waals surface area (Å²) in [6.07, 6.45) is 4.60. The maximum absolute atomic E-state index is 11.5. The van der Waals surface area contributed by atoms with Crippen LogP contribution in [-0.2, 0) is 0 Å². The Labute approximate surface area is 124 Å². The molecule has 20 heavy (non-hydrogen) atoms. The number of aromatic carboxylic acids is 1. The first kappa shape index (κ1) is 15.2. The van der Waals surface area contributed by atoms with Crippen LogP contribution in [0, 0.1) is 5.92 Å². The van der Waals surface area contributed by atoms with Crippen LogP contribution in [0.3, 0.4) is 0 Å². The molecule has 2 atom stereocenters. The fourth-order valence-corrected chi connectivity index (χ4v) is 3.58. The van der Waals surface area contributed by atoms with Gasteiger partial charge < -0.3 is 9.84 Å². The SMILES string of the molecule is CCSc1cccc(OC2CCCC(C)C2)c1C(=O)O. The summed E-state index contributed by atoms with van der Waals surface area (Å²) >= 11 is 1.55. The average Bonchev–Trinajstić information content (AvgIpc) is 2.39. The number of rotatable bonds is 5. The summed E-state index contributed by atoms with van der Waals surface area (Å²) in [5.41, 5.74) is 0.317. The van der Waals surface area contributed by atoms with Crippen molar-refractivity contribution in [3.63, 3.8) is 0 Å². The molecule has 0 radical (unpaired) electrons. The summed E-state index contributed by atoms with van der Waals surface area (Å²) in [6, 6.07) is 5.52. The molecule has 3 nitrogen and oxygen atoms in total. The van der Waals surface area contributed by atoms with E-state index in [1.54, 1.807) is 17.8 Å². The van der Waals surface area contributed by atoms with Crippen molar-refractivity contribution in [3.8, 4) is 5.75 Å². The molecule has 0 saturated heterocycles. The summed E-state index contributed by atoms with van der Waals surface area (Å²) in [5.74, 6) is 1.13. The van der Waals surface area contributed by atoms with Gasteiger partial charge in [0.2, 0.25) is 0 Å². The molecular formula is C16H22O3S. The molecule has 1 aromatic carbocycles. The lowest BCUT2D eigenvalue weighted by atomic mass is 9.88. The maximum atomic E-state index is 11.5. The van der Waals surface area contributed by atoms with Crippen molar-refractivity contribution in [2.75, 3.05) is 5.75 Å². The highest BCUT2D eigenvalue weighted by Crippen LogP contribution is 2.33. The number of hydrogen-bond donors (Lipinski definition) is 1. The number of carboxylic acids is 1. The Kier molecular flexibility index (Phi) is 5.35. The molecule has 0 aliphatic heterocycles. The highest BCUT2D eigenvalue weighted by atomic mass is 32.2. The van der Waals surface area contributed by atoms with Gasteiger partial charge in [0.1, 0.15) is 11.3 Å². The highest BCUT2D eigenvalue weighted by molar-refractivity contribution is 7.99. The van der Waals surface area contributed by atoms with Gasteiger partial charge >= 0.3 is 5.97 Å². The van der Waals surface area contributed by atoms with Crippen LogP contribution >= 0.6 is 11.8 Å². The van der Waals surface area contributed by atoms with Crippen molar-refractivity contribution in [1.82, 2.24) is 0 Å². The molecule has 0 spiro atoms. The van der Waals surface area contributed by atoms with Gasteiger partial charge in [-0.3, -0.25) is 0 Å². The van der Waals surface area contributed by atoms with Crippen LogP contribution < -0.4 is 4.74 Å². The molecule has 2 rings (SSSR count). The lowest BCUT2D eigenvalue weighted by molar-refractivity contribution is 0.0678. The summed E-state index contributed by atoms with van der Waals surface area (Å²) in [7, 11) is 0. The Bertz CT molecular complexity index is 473. The average molecular weight is 294 g/mol. The van der Waals surface area contributed by atoms with Crippen molar-refractivity contribution in [1.29, 1.82) is 0 Å². The van der Waals surface area contributed by atoms with Crippen LogP contribution in [0.1, 0.15) is 49.9 Å². The maximum Gasteiger partial charge on any atom is 0.340 e.